The van der Waals surface area contributed by atoms with Gasteiger partial charge < -0.3 is 9.73 Å². The fourth-order valence-electron chi connectivity index (χ4n) is 1.18. The second-order valence-electron chi connectivity index (χ2n) is 3.05. The molecular formula is C10H11N3O2. The maximum absolute atomic E-state index is 11.1. The summed E-state index contributed by atoms with van der Waals surface area (Å²) in [4.78, 5) is 11.1. The van der Waals surface area contributed by atoms with Gasteiger partial charge in [0.25, 0.3) is 0 Å². The van der Waals surface area contributed by atoms with E-state index in [0.29, 0.717) is 18.0 Å². The van der Waals surface area contributed by atoms with Crippen molar-refractivity contribution in [2.75, 3.05) is 5.32 Å². The minimum absolute atomic E-state index is 0.0625. The zero-order valence-corrected chi connectivity index (χ0v) is 8.28. The fourth-order valence-corrected chi connectivity index (χ4v) is 1.18. The Kier molecular flexibility index (Phi) is 2.53. The van der Waals surface area contributed by atoms with E-state index in [-0.39, 0.29) is 5.91 Å². The Labute approximate surface area is 86.5 Å². The normalized spacial score (nSPS) is 10.2. The monoisotopic (exact) mass is 205 g/mol. The van der Waals surface area contributed by atoms with Gasteiger partial charge in [0, 0.05) is 12.5 Å². The highest BCUT2D eigenvalue weighted by molar-refractivity contribution is 5.89. The van der Waals surface area contributed by atoms with Crippen LogP contribution < -0.4 is 5.32 Å². The van der Waals surface area contributed by atoms with Crippen LogP contribution in [0.5, 0.6) is 0 Å². The van der Waals surface area contributed by atoms with Crippen molar-refractivity contribution in [1.82, 2.24) is 10.2 Å². The Balaban J connectivity index is 2.14. The van der Waals surface area contributed by atoms with E-state index in [1.54, 1.807) is 25.3 Å². The summed E-state index contributed by atoms with van der Waals surface area (Å²) >= 11 is 0. The first-order valence-electron chi connectivity index (χ1n) is 4.68. The number of nitrogens with one attached hydrogen (secondary N) is 2. The third kappa shape index (κ3) is 2.07. The third-order valence-corrected chi connectivity index (χ3v) is 1.95. The summed E-state index contributed by atoms with van der Waals surface area (Å²) in [5.74, 6) is 1.14. The molecule has 2 aromatic rings. The average molecular weight is 205 g/mol. The van der Waals surface area contributed by atoms with Crippen molar-refractivity contribution in [1.29, 1.82) is 0 Å². The molecule has 0 radical (unpaired) electrons. The SMILES string of the molecule is CCC(=O)Nc1cc(-c2ccco2)[nH]n1. The molecule has 0 atom stereocenters. The first-order chi connectivity index (χ1) is 7.29. The van der Waals surface area contributed by atoms with E-state index < -0.39 is 0 Å². The molecule has 15 heavy (non-hydrogen) atoms. The predicted octanol–water partition coefficient (Wildman–Crippen LogP) is 2.02. The number of carbonyl (C=O) groups excluding carboxylic acids is 1. The predicted molar refractivity (Wildman–Crippen MR) is 55.2 cm³/mol. The lowest BCUT2D eigenvalue weighted by Crippen LogP contribution is -2.09. The molecule has 0 saturated heterocycles. The molecule has 2 N–H and O–H groups in total. The van der Waals surface area contributed by atoms with E-state index in [0.717, 1.165) is 5.69 Å². The van der Waals surface area contributed by atoms with Crippen LogP contribution in [-0.4, -0.2) is 16.1 Å². The Morgan fingerprint density at radius 2 is 2.53 bits per heavy atom. The van der Waals surface area contributed by atoms with Gasteiger partial charge >= 0.3 is 0 Å². The van der Waals surface area contributed by atoms with Gasteiger partial charge in [-0.2, -0.15) is 5.10 Å². The van der Waals surface area contributed by atoms with E-state index >= 15 is 0 Å². The van der Waals surface area contributed by atoms with Crippen molar-refractivity contribution in [3.63, 3.8) is 0 Å². The van der Waals surface area contributed by atoms with E-state index in [1.807, 2.05) is 6.07 Å². The fraction of sp³-hybridized carbons (Fsp3) is 0.200. The van der Waals surface area contributed by atoms with Gasteiger partial charge in [-0.3, -0.25) is 9.89 Å². The molecule has 0 aliphatic carbocycles. The maximum atomic E-state index is 11.1. The van der Waals surface area contributed by atoms with Crippen LogP contribution in [0.2, 0.25) is 0 Å². The third-order valence-electron chi connectivity index (χ3n) is 1.95. The number of aromatic amines is 1. The molecular weight excluding hydrogens is 194 g/mol. The first kappa shape index (κ1) is 9.51. The van der Waals surface area contributed by atoms with Gasteiger partial charge in [0.1, 0.15) is 5.69 Å². The molecule has 0 bridgehead atoms. The zero-order chi connectivity index (χ0) is 10.7. The molecule has 0 aliphatic rings. The summed E-state index contributed by atoms with van der Waals surface area (Å²) in [5.41, 5.74) is 0.742. The standard InChI is InChI=1S/C10H11N3O2/c1-2-10(14)11-9-6-7(12-13-9)8-4-3-5-15-8/h3-6H,2H2,1H3,(H2,11,12,13,14). The highest BCUT2D eigenvalue weighted by Gasteiger charge is 2.07. The number of anilines is 1. The molecule has 0 aromatic carbocycles. The van der Waals surface area contributed by atoms with Crippen LogP contribution in [0.25, 0.3) is 11.5 Å². The van der Waals surface area contributed by atoms with Gasteiger partial charge in [0.15, 0.2) is 11.6 Å². The molecule has 0 spiro atoms. The Hall–Kier alpha value is -2.04. The lowest BCUT2D eigenvalue weighted by atomic mass is 10.3. The molecule has 0 saturated carbocycles. The number of H-pyrrole nitrogens is 1. The minimum Gasteiger partial charge on any atom is -0.463 e. The maximum Gasteiger partial charge on any atom is 0.225 e. The summed E-state index contributed by atoms with van der Waals surface area (Å²) in [6.07, 6.45) is 2.02. The second-order valence-corrected chi connectivity index (χ2v) is 3.05. The average Bonchev–Trinajstić information content (AvgIpc) is 2.85. The number of amides is 1. The molecule has 2 rings (SSSR count). The summed E-state index contributed by atoms with van der Waals surface area (Å²) < 4.78 is 5.18. The summed E-state index contributed by atoms with van der Waals surface area (Å²) in [5, 5.41) is 9.37. The van der Waals surface area contributed by atoms with Gasteiger partial charge in [-0.15, -0.1) is 0 Å². The van der Waals surface area contributed by atoms with Crippen molar-refractivity contribution < 1.29 is 9.21 Å². The first-order valence-corrected chi connectivity index (χ1v) is 4.68. The Morgan fingerprint density at radius 3 is 3.20 bits per heavy atom. The van der Waals surface area contributed by atoms with Crippen LogP contribution in [0.15, 0.2) is 28.9 Å². The molecule has 1 amide bonds. The van der Waals surface area contributed by atoms with Crippen LogP contribution in [0.1, 0.15) is 13.3 Å². The van der Waals surface area contributed by atoms with Crippen LogP contribution in [0.3, 0.4) is 0 Å². The highest BCUT2D eigenvalue weighted by atomic mass is 16.3. The minimum atomic E-state index is -0.0625. The van der Waals surface area contributed by atoms with E-state index in [9.17, 15) is 4.79 Å². The summed E-state index contributed by atoms with van der Waals surface area (Å²) in [7, 11) is 0. The van der Waals surface area contributed by atoms with E-state index in [1.165, 1.54) is 0 Å². The highest BCUT2D eigenvalue weighted by Crippen LogP contribution is 2.19. The van der Waals surface area contributed by atoms with E-state index in [4.69, 9.17) is 4.42 Å². The van der Waals surface area contributed by atoms with Crippen LogP contribution in [0.4, 0.5) is 5.82 Å². The molecule has 0 unspecified atom stereocenters. The van der Waals surface area contributed by atoms with Crippen molar-refractivity contribution in [3.8, 4) is 11.5 Å². The van der Waals surface area contributed by atoms with Crippen LogP contribution in [0, 0.1) is 0 Å². The Morgan fingerprint density at radius 1 is 1.67 bits per heavy atom. The molecule has 2 aromatic heterocycles. The van der Waals surface area contributed by atoms with Crippen molar-refractivity contribution >= 4 is 11.7 Å². The van der Waals surface area contributed by atoms with Crippen molar-refractivity contribution in [3.05, 3.63) is 24.5 Å². The topological polar surface area (TPSA) is 70.9 Å². The summed E-state index contributed by atoms with van der Waals surface area (Å²) in [6.45, 7) is 1.79. The number of furan rings is 1. The van der Waals surface area contributed by atoms with Crippen LogP contribution >= 0.6 is 0 Å². The van der Waals surface area contributed by atoms with Gasteiger partial charge in [-0.25, -0.2) is 0 Å². The molecule has 2 heterocycles. The number of carbonyl (C=O) groups is 1. The lowest BCUT2D eigenvalue weighted by molar-refractivity contribution is -0.115. The van der Waals surface area contributed by atoms with Gasteiger partial charge in [-0.1, -0.05) is 6.92 Å². The number of aromatic nitrogens is 2. The molecule has 0 aliphatic heterocycles. The molecule has 78 valence electrons. The van der Waals surface area contributed by atoms with Gasteiger partial charge in [0.05, 0.1) is 6.26 Å². The number of nitrogens with zero attached hydrogens (tertiary/aromatic N) is 1. The number of hydrogen-bond acceptors (Lipinski definition) is 3. The largest absolute Gasteiger partial charge is 0.463 e. The Bertz CT molecular complexity index is 445. The van der Waals surface area contributed by atoms with Crippen molar-refractivity contribution in [2.24, 2.45) is 0 Å². The quantitative estimate of drug-likeness (QED) is 0.805. The van der Waals surface area contributed by atoms with Crippen LogP contribution in [-0.2, 0) is 4.79 Å². The van der Waals surface area contributed by atoms with Gasteiger partial charge in [0.2, 0.25) is 5.91 Å². The second kappa shape index (κ2) is 4.00. The number of hydrogen-bond donors (Lipinski definition) is 2. The molecule has 0 fully saturated rings. The summed E-state index contributed by atoms with van der Waals surface area (Å²) in [6, 6.07) is 5.34. The van der Waals surface area contributed by atoms with Crippen molar-refractivity contribution in [2.45, 2.75) is 13.3 Å². The van der Waals surface area contributed by atoms with Gasteiger partial charge in [-0.05, 0) is 12.1 Å². The van der Waals surface area contributed by atoms with E-state index in [2.05, 4.69) is 15.5 Å². The zero-order valence-electron chi connectivity index (χ0n) is 8.28. The molecule has 5 nitrogen and oxygen atoms in total. The lowest BCUT2D eigenvalue weighted by Gasteiger charge is -1.95. The smallest absolute Gasteiger partial charge is 0.225 e. The number of rotatable bonds is 3. The molecule has 5 heteroatoms.